The lowest BCUT2D eigenvalue weighted by Crippen LogP contribution is -2.36. The van der Waals surface area contributed by atoms with Crippen LogP contribution in [0, 0.1) is 23.7 Å². The molecule has 0 bridgehead atoms. The van der Waals surface area contributed by atoms with E-state index in [1.54, 1.807) is 12.1 Å². The van der Waals surface area contributed by atoms with Crippen LogP contribution in [-0.4, -0.2) is 14.3 Å². The zero-order chi connectivity index (χ0) is 17.2. The van der Waals surface area contributed by atoms with Crippen molar-refractivity contribution in [3.05, 3.63) is 24.3 Å². The summed E-state index contributed by atoms with van der Waals surface area (Å²) >= 11 is 0. The Balaban J connectivity index is 2.10. The summed E-state index contributed by atoms with van der Waals surface area (Å²) in [6.07, 6.45) is 3.17. The van der Waals surface area contributed by atoms with Gasteiger partial charge in [0.25, 0.3) is 0 Å². The Hall–Kier alpha value is -1.40. The second-order valence-electron chi connectivity index (χ2n) is 6.99. The van der Waals surface area contributed by atoms with Gasteiger partial charge in [-0.05, 0) is 54.9 Å². The second kappa shape index (κ2) is 7.01. The van der Waals surface area contributed by atoms with E-state index in [2.05, 4.69) is 26.1 Å². The number of carbonyl (C=O) groups is 1. The molecule has 3 atom stereocenters. The van der Waals surface area contributed by atoms with Crippen molar-refractivity contribution < 1.29 is 13.2 Å². The zero-order valence-corrected chi connectivity index (χ0v) is 14.8. The number of anilines is 1. The van der Waals surface area contributed by atoms with Crippen molar-refractivity contribution in [2.24, 2.45) is 28.8 Å². The molecule has 1 aliphatic carbocycles. The number of benzene rings is 1. The summed E-state index contributed by atoms with van der Waals surface area (Å²) in [5, 5.41) is 8.00. The van der Waals surface area contributed by atoms with Gasteiger partial charge in [0.05, 0.1) is 4.90 Å². The fourth-order valence-electron chi connectivity index (χ4n) is 3.47. The molecule has 3 N–H and O–H groups in total. The predicted octanol–water partition coefficient (Wildman–Crippen LogP) is 2.98. The zero-order valence-electron chi connectivity index (χ0n) is 14.0. The number of nitrogens with one attached hydrogen (secondary N) is 1. The minimum Gasteiger partial charge on any atom is -0.326 e. The molecule has 0 aromatic heterocycles. The molecule has 0 saturated heterocycles. The highest BCUT2D eigenvalue weighted by Gasteiger charge is 2.35. The largest absolute Gasteiger partial charge is 0.326 e. The molecule has 2 rings (SSSR count). The van der Waals surface area contributed by atoms with Gasteiger partial charge >= 0.3 is 0 Å². The average Bonchev–Trinajstić information content (AvgIpc) is 2.46. The Morgan fingerprint density at radius 1 is 1.22 bits per heavy atom. The molecule has 1 aliphatic rings. The summed E-state index contributed by atoms with van der Waals surface area (Å²) in [6.45, 7) is 6.53. The van der Waals surface area contributed by atoms with Gasteiger partial charge in [-0.1, -0.05) is 27.2 Å². The normalized spacial score (nSPS) is 25.3. The number of primary sulfonamides is 1. The lowest BCUT2D eigenvalue weighted by atomic mass is 9.70. The highest BCUT2D eigenvalue weighted by Crippen LogP contribution is 2.38. The van der Waals surface area contributed by atoms with Crippen LogP contribution in [0.1, 0.15) is 40.0 Å². The summed E-state index contributed by atoms with van der Waals surface area (Å²) in [6, 6.07) is 5.98. The number of hydrogen-bond donors (Lipinski definition) is 2. The second-order valence-corrected chi connectivity index (χ2v) is 8.55. The van der Waals surface area contributed by atoms with Crippen LogP contribution < -0.4 is 10.5 Å². The van der Waals surface area contributed by atoms with Gasteiger partial charge in [-0.15, -0.1) is 0 Å². The Labute approximate surface area is 138 Å². The lowest BCUT2D eigenvalue weighted by molar-refractivity contribution is -0.123. The Kier molecular flexibility index (Phi) is 5.47. The lowest BCUT2D eigenvalue weighted by Gasteiger charge is -2.36. The van der Waals surface area contributed by atoms with E-state index in [1.807, 2.05) is 0 Å². The SMILES string of the molecule is CC1CCC(C(C)C)C(C(=O)Nc2ccc(S(N)(=O)=O)cc2)C1. The standard InChI is InChI=1S/C17H26N2O3S/c1-11(2)15-9-4-12(3)10-16(15)17(20)19-13-5-7-14(8-6-13)23(18,21)22/h5-8,11-12,15-16H,4,9-10H2,1-3H3,(H,19,20)(H2,18,21,22). The molecule has 5 nitrogen and oxygen atoms in total. The van der Waals surface area contributed by atoms with Gasteiger partial charge in [-0.2, -0.15) is 0 Å². The molecule has 3 unspecified atom stereocenters. The van der Waals surface area contributed by atoms with Crippen molar-refractivity contribution in [3.8, 4) is 0 Å². The molecule has 1 amide bonds. The highest BCUT2D eigenvalue weighted by molar-refractivity contribution is 7.89. The van der Waals surface area contributed by atoms with Gasteiger partial charge in [0.2, 0.25) is 15.9 Å². The summed E-state index contributed by atoms with van der Waals surface area (Å²) < 4.78 is 22.5. The van der Waals surface area contributed by atoms with Crippen LogP contribution in [0.15, 0.2) is 29.2 Å². The van der Waals surface area contributed by atoms with Crippen molar-refractivity contribution in [1.29, 1.82) is 0 Å². The predicted molar refractivity (Wildman–Crippen MR) is 91.3 cm³/mol. The van der Waals surface area contributed by atoms with Crippen LogP contribution >= 0.6 is 0 Å². The Bertz CT molecular complexity index is 653. The van der Waals surface area contributed by atoms with Gasteiger partial charge in [0, 0.05) is 11.6 Å². The number of hydrogen-bond acceptors (Lipinski definition) is 3. The van der Waals surface area contributed by atoms with Crippen LogP contribution in [-0.2, 0) is 14.8 Å². The smallest absolute Gasteiger partial charge is 0.238 e. The number of nitrogens with two attached hydrogens (primary N) is 1. The molecule has 128 valence electrons. The third-order valence-electron chi connectivity index (χ3n) is 4.81. The topological polar surface area (TPSA) is 89.3 Å². The Morgan fingerprint density at radius 3 is 2.35 bits per heavy atom. The van der Waals surface area contributed by atoms with Crippen LogP contribution in [0.3, 0.4) is 0 Å². The van der Waals surface area contributed by atoms with E-state index in [0.29, 0.717) is 23.4 Å². The minimum absolute atomic E-state index is 0.0108. The van der Waals surface area contributed by atoms with E-state index < -0.39 is 10.0 Å². The molecule has 0 radical (unpaired) electrons. The van der Waals surface area contributed by atoms with Crippen LogP contribution in [0.25, 0.3) is 0 Å². The number of amides is 1. The molecule has 1 fully saturated rings. The van der Waals surface area contributed by atoms with E-state index in [1.165, 1.54) is 18.6 Å². The van der Waals surface area contributed by atoms with E-state index in [4.69, 9.17) is 5.14 Å². The monoisotopic (exact) mass is 338 g/mol. The molecule has 1 aromatic rings. The summed E-state index contributed by atoms with van der Waals surface area (Å²) in [7, 11) is -3.71. The molecule has 23 heavy (non-hydrogen) atoms. The maximum Gasteiger partial charge on any atom is 0.238 e. The Morgan fingerprint density at radius 2 is 1.83 bits per heavy atom. The number of carbonyl (C=O) groups excluding carboxylic acids is 1. The van der Waals surface area contributed by atoms with Crippen molar-refractivity contribution in [3.63, 3.8) is 0 Å². The van der Waals surface area contributed by atoms with Gasteiger partial charge in [0.1, 0.15) is 0 Å². The third kappa shape index (κ3) is 4.54. The van der Waals surface area contributed by atoms with Crippen molar-refractivity contribution >= 4 is 21.6 Å². The minimum atomic E-state index is -3.71. The molecule has 1 saturated carbocycles. The van der Waals surface area contributed by atoms with E-state index in [-0.39, 0.29) is 16.7 Å². The fourth-order valence-corrected chi connectivity index (χ4v) is 3.98. The average molecular weight is 338 g/mol. The molecule has 0 spiro atoms. The van der Waals surface area contributed by atoms with Crippen molar-refractivity contribution in [1.82, 2.24) is 0 Å². The van der Waals surface area contributed by atoms with E-state index >= 15 is 0 Å². The van der Waals surface area contributed by atoms with Crippen molar-refractivity contribution in [2.75, 3.05) is 5.32 Å². The first-order valence-electron chi connectivity index (χ1n) is 8.12. The first kappa shape index (κ1) is 17.9. The van der Waals surface area contributed by atoms with Crippen LogP contribution in [0.4, 0.5) is 5.69 Å². The maximum atomic E-state index is 12.7. The first-order chi connectivity index (χ1) is 10.7. The number of sulfonamides is 1. The molecule has 1 aromatic carbocycles. The van der Waals surface area contributed by atoms with Gasteiger partial charge in [0.15, 0.2) is 0 Å². The van der Waals surface area contributed by atoms with Crippen LogP contribution in [0.5, 0.6) is 0 Å². The highest BCUT2D eigenvalue weighted by atomic mass is 32.2. The van der Waals surface area contributed by atoms with Gasteiger partial charge in [-0.3, -0.25) is 4.79 Å². The molecule has 0 heterocycles. The van der Waals surface area contributed by atoms with Gasteiger partial charge in [-0.25, -0.2) is 13.6 Å². The van der Waals surface area contributed by atoms with E-state index in [0.717, 1.165) is 12.8 Å². The molecular formula is C17H26N2O3S. The van der Waals surface area contributed by atoms with Crippen LogP contribution in [0.2, 0.25) is 0 Å². The fraction of sp³-hybridized carbons (Fsp3) is 0.588. The third-order valence-corrected chi connectivity index (χ3v) is 5.74. The summed E-state index contributed by atoms with van der Waals surface area (Å²) in [5.74, 6) is 1.47. The molecule has 6 heteroatoms. The maximum absolute atomic E-state index is 12.7. The summed E-state index contributed by atoms with van der Waals surface area (Å²) in [4.78, 5) is 12.7. The molecule has 0 aliphatic heterocycles. The first-order valence-corrected chi connectivity index (χ1v) is 9.67. The van der Waals surface area contributed by atoms with Crippen molar-refractivity contribution in [2.45, 2.75) is 44.9 Å². The van der Waals surface area contributed by atoms with Gasteiger partial charge < -0.3 is 5.32 Å². The number of rotatable bonds is 4. The quantitative estimate of drug-likeness (QED) is 0.884. The van der Waals surface area contributed by atoms with E-state index in [9.17, 15) is 13.2 Å². The summed E-state index contributed by atoms with van der Waals surface area (Å²) in [5.41, 5.74) is 0.600. The molecular weight excluding hydrogens is 312 g/mol.